The molecule has 1 aromatic carbocycles. The highest BCUT2D eigenvalue weighted by atomic mass is 19.1. The lowest BCUT2D eigenvalue weighted by atomic mass is 10.1. The van der Waals surface area contributed by atoms with Gasteiger partial charge in [0.05, 0.1) is 18.5 Å². The zero-order chi connectivity index (χ0) is 12.3. The SMILES string of the molecule is COC(=O)Cc1cc(F)c([N+](=O)[O-])cc1N. The second-order valence-electron chi connectivity index (χ2n) is 3.01. The molecule has 6 nitrogen and oxygen atoms in total. The Morgan fingerprint density at radius 1 is 1.62 bits per heavy atom. The maximum atomic E-state index is 13.2. The van der Waals surface area contributed by atoms with E-state index in [4.69, 9.17) is 5.73 Å². The minimum Gasteiger partial charge on any atom is -0.469 e. The third-order valence-corrected chi connectivity index (χ3v) is 1.97. The maximum absolute atomic E-state index is 13.2. The van der Waals surface area contributed by atoms with Gasteiger partial charge in [0.2, 0.25) is 5.82 Å². The highest BCUT2D eigenvalue weighted by Gasteiger charge is 2.18. The van der Waals surface area contributed by atoms with E-state index in [2.05, 4.69) is 4.74 Å². The van der Waals surface area contributed by atoms with Gasteiger partial charge in [0.15, 0.2) is 0 Å². The third-order valence-electron chi connectivity index (χ3n) is 1.97. The van der Waals surface area contributed by atoms with Crippen molar-refractivity contribution in [3.63, 3.8) is 0 Å². The Morgan fingerprint density at radius 3 is 2.75 bits per heavy atom. The Bertz CT molecular complexity index is 447. The van der Waals surface area contributed by atoms with Gasteiger partial charge in [-0.1, -0.05) is 0 Å². The molecule has 0 unspecified atom stereocenters. The number of methoxy groups -OCH3 is 1. The molecule has 0 heterocycles. The quantitative estimate of drug-likeness (QED) is 0.361. The van der Waals surface area contributed by atoms with Gasteiger partial charge in [-0.2, -0.15) is 4.39 Å². The van der Waals surface area contributed by atoms with E-state index >= 15 is 0 Å². The average molecular weight is 228 g/mol. The van der Waals surface area contributed by atoms with Gasteiger partial charge < -0.3 is 10.5 Å². The lowest BCUT2D eigenvalue weighted by Gasteiger charge is -2.04. The molecule has 0 spiro atoms. The number of carbonyl (C=O) groups is 1. The number of nitro groups is 1. The minimum absolute atomic E-state index is 0.0153. The van der Waals surface area contributed by atoms with E-state index < -0.39 is 22.4 Å². The molecule has 0 aliphatic carbocycles. The topological polar surface area (TPSA) is 95.5 Å². The van der Waals surface area contributed by atoms with Crippen molar-refractivity contribution >= 4 is 17.3 Å². The van der Waals surface area contributed by atoms with Crippen LogP contribution in [0.4, 0.5) is 15.8 Å². The Balaban J connectivity index is 3.10. The van der Waals surface area contributed by atoms with Crippen LogP contribution < -0.4 is 5.73 Å². The molecule has 7 heteroatoms. The van der Waals surface area contributed by atoms with E-state index in [0.717, 1.165) is 12.1 Å². The number of hydrogen-bond donors (Lipinski definition) is 1. The molecule has 1 aromatic rings. The summed E-state index contributed by atoms with van der Waals surface area (Å²) in [5, 5.41) is 10.4. The van der Waals surface area contributed by atoms with Crippen LogP contribution in [0.2, 0.25) is 0 Å². The van der Waals surface area contributed by atoms with Crippen molar-refractivity contribution in [1.82, 2.24) is 0 Å². The molecule has 0 aliphatic rings. The van der Waals surface area contributed by atoms with Crippen LogP contribution in [0, 0.1) is 15.9 Å². The molecule has 0 amide bonds. The number of halogens is 1. The molecule has 0 atom stereocenters. The molecule has 2 N–H and O–H groups in total. The van der Waals surface area contributed by atoms with Gasteiger partial charge in [0, 0.05) is 11.8 Å². The number of benzene rings is 1. The maximum Gasteiger partial charge on any atom is 0.310 e. The molecule has 0 radical (unpaired) electrons. The summed E-state index contributed by atoms with van der Waals surface area (Å²) >= 11 is 0. The first-order valence-electron chi connectivity index (χ1n) is 4.24. The van der Waals surface area contributed by atoms with E-state index in [1.54, 1.807) is 0 Å². The summed E-state index contributed by atoms with van der Waals surface area (Å²) in [6.07, 6.45) is -0.225. The van der Waals surface area contributed by atoms with Crippen LogP contribution in [0.5, 0.6) is 0 Å². The predicted molar refractivity (Wildman–Crippen MR) is 53.2 cm³/mol. The number of nitrogens with zero attached hydrogens (tertiary/aromatic N) is 1. The molecule has 0 aromatic heterocycles. The molecule has 0 aliphatic heterocycles. The van der Waals surface area contributed by atoms with Gasteiger partial charge in [0.1, 0.15) is 0 Å². The number of ether oxygens (including phenoxy) is 1. The van der Waals surface area contributed by atoms with Crippen LogP contribution in [0.15, 0.2) is 12.1 Å². The van der Waals surface area contributed by atoms with E-state index in [0.29, 0.717) is 0 Å². The van der Waals surface area contributed by atoms with Crippen molar-refractivity contribution < 1.29 is 18.8 Å². The molecule has 0 saturated heterocycles. The third kappa shape index (κ3) is 2.44. The van der Waals surface area contributed by atoms with Crippen molar-refractivity contribution in [2.45, 2.75) is 6.42 Å². The fourth-order valence-corrected chi connectivity index (χ4v) is 1.14. The monoisotopic (exact) mass is 228 g/mol. The Morgan fingerprint density at radius 2 is 2.25 bits per heavy atom. The fraction of sp³-hybridized carbons (Fsp3) is 0.222. The number of nitrogen functional groups attached to an aromatic ring is 1. The summed E-state index contributed by atoms with van der Waals surface area (Å²) in [6.45, 7) is 0. The van der Waals surface area contributed by atoms with Crippen molar-refractivity contribution in [2.75, 3.05) is 12.8 Å². The first kappa shape index (κ1) is 11.9. The van der Waals surface area contributed by atoms with Crippen molar-refractivity contribution in [2.24, 2.45) is 0 Å². The summed E-state index contributed by atoms with van der Waals surface area (Å²) in [4.78, 5) is 20.4. The smallest absolute Gasteiger partial charge is 0.310 e. The van der Waals surface area contributed by atoms with Gasteiger partial charge in [-0.05, 0) is 11.6 Å². The number of hydrogen-bond acceptors (Lipinski definition) is 5. The van der Waals surface area contributed by atoms with Gasteiger partial charge in [-0.3, -0.25) is 14.9 Å². The summed E-state index contributed by atoms with van der Waals surface area (Å²) < 4.78 is 17.6. The van der Waals surface area contributed by atoms with Crippen LogP contribution in [0.1, 0.15) is 5.56 Å². The molecule has 1 rings (SSSR count). The normalized spacial score (nSPS) is 9.88. The highest BCUT2D eigenvalue weighted by Crippen LogP contribution is 2.24. The average Bonchev–Trinajstić information content (AvgIpc) is 2.22. The van der Waals surface area contributed by atoms with E-state index in [-0.39, 0.29) is 17.7 Å². The number of nitro benzene ring substituents is 1. The van der Waals surface area contributed by atoms with Gasteiger partial charge >= 0.3 is 11.7 Å². The molecule has 86 valence electrons. The highest BCUT2D eigenvalue weighted by molar-refractivity contribution is 5.75. The zero-order valence-electron chi connectivity index (χ0n) is 8.40. The Kier molecular flexibility index (Phi) is 3.39. The first-order valence-corrected chi connectivity index (χ1v) is 4.24. The molecule has 16 heavy (non-hydrogen) atoms. The number of anilines is 1. The number of carbonyl (C=O) groups excluding carboxylic acids is 1. The molecular weight excluding hydrogens is 219 g/mol. The van der Waals surface area contributed by atoms with Gasteiger partial charge in [0.25, 0.3) is 0 Å². The number of nitrogens with two attached hydrogens (primary N) is 1. The Labute approximate surface area is 90.0 Å². The van der Waals surface area contributed by atoms with Crippen molar-refractivity contribution in [1.29, 1.82) is 0 Å². The van der Waals surface area contributed by atoms with E-state index in [9.17, 15) is 19.3 Å². The molecular formula is C9H9FN2O4. The number of rotatable bonds is 3. The lowest BCUT2D eigenvalue weighted by molar-refractivity contribution is -0.387. The van der Waals surface area contributed by atoms with Crippen molar-refractivity contribution in [3.8, 4) is 0 Å². The van der Waals surface area contributed by atoms with Gasteiger partial charge in [-0.25, -0.2) is 0 Å². The number of esters is 1. The van der Waals surface area contributed by atoms with E-state index in [1.165, 1.54) is 7.11 Å². The van der Waals surface area contributed by atoms with Crippen molar-refractivity contribution in [3.05, 3.63) is 33.6 Å². The predicted octanol–water partition coefficient (Wildman–Crippen LogP) is 1.03. The summed E-state index contributed by atoms with van der Waals surface area (Å²) in [7, 11) is 1.18. The summed E-state index contributed by atoms with van der Waals surface area (Å²) in [6, 6.07) is 1.75. The molecule has 0 fully saturated rings. The van der Waals surface area contributed by atoms with Gasteiger partial charge in [-0.15, -0.1) is 0 Å². The van der Waals surface area contributed by atoms with Crippen LogP contribution in [0.25, 0.3) is 0 Å². The van der Waals surface area contributed by atoms with Crippen LogP contribution >= 0.6 is 0 Å². The summed E-state index contributed by atoms with van der Waals surface area (Å²) in [5.41, 5.74) is 4.88. The zero-order valence-corrected chi connectivity index (χ0v) is 8.40. The summed E-state index contributed by atoms with van der Waals surface area (Å²) in [5.74, 6) is -1.63. The minimum atomic E-state index is -1.03. The largest absolute Gasteiger partial charge is 0.469 e. The standard InChI is InChI=1S/C9H9FN2O4/c1-16-9(13)3-5-2-6(10)8(12(14)15)4-7(5)11/h2,4H,3,11H2,1H3. The molecule has 0 bridgehead atoms. The lowest BCUT2D eigenvalue weighted by Crippen LogP contribution is -2.08. The van der Waals surface area contributed by atoms with Crippen LogP contribution in [-0.4, -0.2) is 18.0 Å². The first-order chi connectivity index (χ1) is 7.45. The van der Waals surface area contributed by atoms with Crippen LogP contribution in [0.3, 0.4) is 0 Å². The second-order valence-corrected chi connectivity index (χ2v) is 3.01. The Hall–Kier alpha value is -2.18. The fourth-order valence-electron chi connectivity index (χ4n) is 1.14. The van der Waals surface area contributed by atoms with E-state index in [1.807, 2.05) is 0 Å². The molecule has 0 saturated carbocycles. The van der Waals surface area contributed by atoms with Crippen LogP contribution in [-0.2, 0) is 16.0 Å². The second kappa shape index (κ2) is 4.56.